The zero-order valence-electron chi connectivity index (χ0n) is 15.6. The molecule has 1 aliphatic carbocycles. The average Bonchev–Trinajstić information content (AvgIpc) is 3.29. The third-order valence-electron chi connectivity index (χ3n) is 5.60. The van der Waals surface area contributed by atoms with Crippen molar-refractivity contribution in [3.05, 3.63) is 37.1 Å². The third-order valence-corrected chi connectivity index (χ3v) is 5.60. The highest BCUT2D eigenvalue weighted by Gasteiger charge is 2.55. The molecule has 2 aromatic heterocycles. The number of hydrogen-bond acceptors (Lipinski definition) is 5. The minimum absolute atomic E-state index is 0.0608. The normalized spacial score (nSPS) is 24.5. The first-order chi connectivity index (χ1) is 13.5. The number of urea groups is 1. The summed E-state index contributed by atoms with van der Waals surface area (Å²) in [5.74, 6) is -0.0156. The molecule has 3 heterocycles. The average molecular weight is 382 g/mol. The van der Waals surface area contributed by atoms with Crippen LogP contribution in [0.15, 0.2) is 37.1 Å². The molecule has 2 unspecified atom stereocenters. The molecule has 2 fully saturated rings. The van der Waals surface area contributed by atoms with Crippen molar-refractivity contribution in [3.63, 3.8) is 0 Å². The van der Waals surface area contributed by atoms with Gasteiger partial charge in [0.2, 0.25) is 5.91 Å². The van der Waals surface area contributed by atoms with Crippen LogP contribution in [0, 0.1) is 5.92 Å². The van der Waals surface area contributed by atoms with Crippen LogP contribution in [0.3, 0.4) is 0 Å². The Bertz CT molecular complexity index is 895. The summed E-state index contributed by atoms with van der Waals surface area (Å²) in [5.41, 5.74) is -0.370. The smallest absolute Gasteiger partial charge is 0.323 e. The highest BCUT2D eigenvalue weighted by Crippen LogP contribution is 2.38. The predicted octanol–water partition coefficient (Wildman–Crippen LogP) is 1.71. The van der Waals surface area contributed by atoms with E-state index in [1.165, 1.54) is 6.20 Å². The van der Waals surface area contributed by atoms with Gasteiger partial charge in [-0.15, -0.1) is 0 Å². The van der Waals surface area contributed by atoms with Gasteiger partial charge < -0.3 is 10.6 Å². The highest BCUT2D eigenvalue weighted by atomic mass is 16.2. The molecular weight excluding hydrogens is 360 g/mol. The van der Waals surface area contributed by atoms with Gasteiger partial charge in [0.05, 0.1) is 11.9 Å². The van der Waals surface area contributed by atoms with Gasteiger partial charge in [-0.2, -0.15) is 0 Å². The molecule has 146 valence electrons. The van der Waals surface area contributed by atoms with E-state index >= 15 is 0 Å². The van der Waals surface area contributed by atoms with Gasteiger partial charge in [0.15, 0.2) is 0 Å². The number of hydrogen-bond donors (Lipinski definition) is 2. The molecule has 0 aromatic carbocycles. The van der Waals surface area contributed by atoms with Crippen molar-refractivity contribution >= 4 is 23.5 Å². The highest BCUT2D eigenvalue weighted by molar-refractivity contribution is 6.10. The summed E-state index contributed by atoms with van der Waals surface area (Å²) in [6.45, 7) is 1.66. The zero-order chi connectivity index (χ0) is 19.7. The van der Waals surface area contributed by atoms with Gasteiger partial charge in [-0.3, -0.25) is 19.1 Å². The molecule has 2 N–H and O–H groups in total. The third kappa shape index (κ3) is 3.12. The molecule has 0 bridgehead atoms. The molecule has 1 saturated carbocycles. The first-order valence-corrected chi connectivity index (χ1v) is 9.38. The minimum Gasteiger partial charge on any atom is -0.323 e. The summed E-state index contributed by atoms with van der Waals surface area (Å²) >= 11 is 0. The number of anilines is 1. The summed E-state index contributed by atoms with van der Waals surface area (Å²) < 4.78 is 1.74. The Kier molecular flexibility index (Phi) is 4.58. The second-order valence-corrected chi connectivity index (χ2v) is 7.36. The number of imide groups is 1. The fourth-order valence-corrected chi connectivity index (χ4v) is 3.99. The van der Waals surface area contributed by atoms with Crippen molar-refractivity contribution in [2.24, 2.45) is 5.92 Å². The maximum absolute atomic E-state index is 12.9. The van der Waals surface area contributed by atoms with Crippen LogP contribution in [-0.2, 0) is 9.59 Å². The lowest BCUT2D eigenvalue weighted by Crippen LogP contribution is -2.54. The molecule has 9 nitrogen and oxygen atoms in total. The molecule has 2 atom stereocenters. The Balaban J connectivity index is 1.41. The number of amides is 4. The van der Waals surface area contributed by atoms with Crippen LogP contribution >= 0.6 is 0 Å². The van der Waals surface area contributed by atoms with Crippen LogP contribution in [0.4, 0.5) is 10.5 Å². The number of nitrogens with one attached hydrogen (secondary N) is 2. The predicted molar refractivity (Wildman–Crippen MR) is 101 cm³/mol. The van der Waals surface area contributed by atoms with Gasteiger partial charge in [-0.05, 0) is 30.9 Å². The van der Waals surface area contributed by atoms with Crippen molar-refractivity contribution in [2.45, 2.75) is 38.1 Å². The second kappa shape index (κ2) is 7.06. The lowest BCUT2D eigenvalue weighted by Gasteiger charge is -2.36. The molecular formula is C19H22N6O3. The molecule has 9 heteroatoms. The van der Waals surface area contributed by atoms with E-state index in [0.717, 1.165) is 24.2 Å². The van der Waals surface area contributed by atoms with Crippen LogP contribution < -0.4 is 10.6 Å². The van der Waals surface area contributed by atoms with E-state index < -0.39 is 17.5 Å². The van der Waals surface area contributed by atoms with Crippen molar-refractivity contribution in [1.82, 2.24) is 24.8 Å². The molecule has 4 rings (SSSR count). The maximum Gasteiger partial charge on any atom is 0.325 e. The maximum atomic E-state index is 12.9. The summed E-state index contributed by atoms with van der Waals surface area (Å²) in [4.78, 5) is 46.9. The Labute approximate surface area is 162 Å². The molecule has 1 aliphatic heterocycles. The number of carbonyl (C=O) groups is 3. The minimum atomic E-state index is -0.858. The zero-order valence-corrected chi connectivity index (χ0v) is 15.6. The van der Waals surface area contributed by atoms with Crippen molar-refractivity contribution in [3.8, 4) is 5.82 Å². The van der Waals surface area contributed by atoms with Gasteiger partial charge >= 0.3 is 6.03 Å². The van der Waals surface area contributed by atoms with Crippen molar-refractivity contribution in [1.29, 1.82) is 0 Å². The first-order valence-electron chi connectivity index (χ1n) is 9.38. The second-order valence-electron chi connectivity index (χ2n) is 7.36. The molecule has 4 amide bonds. The molecule has 2 aromatic rings. The van der Waals surface area contributed by atoms with Crippen LogP contribution in [-0.4, -0.2) is 49.4 Å². The van der Waals surface area contributed by atoms with Gasteiger partial charge in [0, 0.05) is 12.4 Å². The van der Waals surface area contributed by atoms with Crippen molar-refractivity contribution < 1.29 is 14.4 Å². The quantitative estimate of drug-likeness (QED) is 0.783. The molecule has 28 heavy (non-hydrogen) atoms. The van der Waals surface area contributed by atoms with E-state index in [2.05, 4.69) is 20.6 Å². The number of imidazole rings is 1. The van der Waals surface area contributed by atoms with E-state index in [0.29, 0.717) is 17.9 Å². The standard InChI is InChI=1S/C19H22N6O3/c1-13-4-2-3-7-19(13)17(27)25(18(28)23-19)11-16(26)22-14-5-6-15(21-10-14)24-9-8-20-12-24/h5-6,8-10,12-13H,2-4,7,11H2,1H3,(H,22,26)(H,23,28). The van der Waals surface area contributed by atoms with Gasteiger partial charge in [-0.25, -0.2) is 14.8 Å². The SMILES string of the molecule is CC1CCCCC12NC(=O)N(CC(=O)Nc1ccc(-n3ccnc3)nc1)C2=O. The number of carbonyl (C=O) groups excluding carboxylic acids is 3. The van der Waals surface area contributed by atoms with Crippen LogP contribution in [0.5, 0.6) is 0 Å². The van der Waals surface area contributed by atoms with Gasteiger partial charge in [0.25, 0.3) is 5.91 Å². The van der Waals surface area contributed by atoms with Crippen LogP contribution in [0.25, 0.3) is 5.82 Å². The largest absolute Gasteiger partial charge is 0.325 e. The summed E-state index contributed by atoms with van der Waals surface area (Å²) in [7, 11) is 0. The summed E-state index contributed by atoms with van der Waals surface area (Å²) in [6.07, 6.45) is 10.0. The molecule has 0 radical (unpaired) electrons. The summed E-state index contributed by atoms with van der Waals surface area (Å²) in [5, 5.41) is 5.53. The Morgan fingerprint density at radius 3 is 2.89 bits per heavy atom. The van der Waals surface area contributed by atoms with Crippen LogP contribution in [0.1, 0.15) is 32.6 Å². The fraction of sp³-hybridized carbons (Fsp3) is 0.421. The monoisotopic (exact) mass is 382 g/mol. The lowest BCUT2D eigenvalue weighted by atomic mass is 9.73. The number of nitrogens with zero attached hydrogens (tertiary/aromatic N) is 4. The molecule has 1 saturated heterocycles. The molecule has 2 aliphatic rings. The molecule has 1 spiro atoms. The number of pyridine rings is 1. The van der Waals surface area contributed by atoms with Gasteiger partial charge in [-0.1, -0.05) is 19.8 Å². The van der Waals surface area contributed by atoms with Crippen LogP contribution in [0.2, 0.25) is 0 Å². The Morgan fingerprint density at radius 2 is 2.21 bits per heavy atom. The van der Waals surface area contributed by atoms with E-state index in [9.17, 15) is 14.4 Å². The van der Waals surface area contributed by atoms with E-state index in [1.54, 1.807) is 35.4 Å². The number of aromatic nitrogens is 3. The van der Waals surface area contributed by atoms with Gasteiger partial charge in [0.1, 0.15) is 24.2 Å². The Hall–Kier alpha value is -3.23. The van der Waals surface area contributed by atoms with E-state index in [1.807, 2.05) is 6.92 Å². The first kappa shape index (κ1) is 18.1. The van der Waals surface area contributed by atoms with E-state index in [-0.39, 0.29) is 18.4 Å². The fourth-order valence-electron chi connectivity index (χ4n) is 3.99. The van der Waals surface area contributed by atoms with Crippen molar-refractivity contribution in [2.75, 3.05) is 11.9 Å². The van der Waals surface area contributed by atoms with E-state index in [4.69, 9.17) is 0 Å². The Morgan fingerprint density at radius 1 is 1.36 bits per heavy atom. The topological polar surface area (TPSA) is 109 Å². The lowest BCUT2D eigenvalue weighted by molar-refractivity contribution is -0.136. The summed E-state index contributed by atoms with van der Waals surface area (Å²) in [6, 6.07) is 2.95. The number of rotatable bonds is 4.